The van der Waals surface area contributed by atoms with Crippen LogP contribution < -0.4 is 10.6 Å². The van der Waals surface area contributed by atoms with Crippen LogP contribution in [-0.4, -0.2) is 24.5 Å². The quantitative estimate of drug-likeness (QED) is 0.658. The summed E-state index contributed by atoms with van der Waals surface area (Å²) in [4.78, 5) is 8.43. The maximum Gasteiger partial charge on any atom is 0.191 e. The van der Waals surface area contributed by atoms with Gasteiger partial charge in [-0.3, -0.25) is 9.98 Å². The van der Waals surface area contributed by atoms with Crippen LogP contribution in [-0.2, 0) is 13.0 Å². The lowest BCUT2D eigenvalue weighted by Crippen LogP contribution is -2.38. The highest BCUT2D eigenvalue weighted by Crippen LogP contribution is 2.10. The molecule has 1 aromatic carbocycles. The van der Waals surface area contributed by atoms with Gasteiger partial charge in [-0.1, -0.05) is 12.1 Å². The molecule has 116 valence electrons. The molecule has 0 fully saturated rings. The van der Waals surface area contributed by atoms with Gasteiger partial charge < -0.3 is 10.6 Å². The van der Waals surface area contributed by atoms with E-state index < -0.39 is 0 Å². The van der Waals surface area contributed by atoms with E-state index in [-0.39, 0.29) is 5.82 Å². The van der Waals surface area contributed by atoms with Gasteiger partial charge >= 0.3 is 0 Å². The van der Waals surface area contributed by atoms with E-state index in [4.69, 9.17) is 0 Å². The van der Waals surface area contributed by atoms with Crippen molar-refractivity contribution in [2.75, 3.05) is 13.6 Å². The molecule has 2 aromatic rings. The third-order valence-corrected chi connectivity index (χ3v) is 3.38. The van der Waals surface area contributed by atoms with Crippen LogP contribution in [0.2, 0.25) is 0 Å². The zero-order chi connectivity index (χ0) is 15.8. The second-order valence-electron chi connectivity index (χ2n) is 4.99. The maximum absolute atomic E-state index is 13.1. The summed E-state index contributed by atoms with van der Waals surface area (Å²) in [5, 5.41) is 6.46. The molecule has 0 amide bonds. The first-order valence-corrected chi connectivity index (χ1v) is 7.28. The highest BCUT2D eigenvalue weighted by Gasteiger charge is 2.02. The molecule has 2 N–H and O–H groups in total. The van der Waals surface area contributed by atoms with Crippen LogP contribution in [0.25, 0.3) is 0 Å². The normalized spacial score (nSPS) is 11.3. The van der Waals surface area contributed by atoms with Crippen molar-refractivity contribution >= 4 is 5.96 Å². The average molecular weight is 300 g/mol. The standard InChI is InChI=1S/C17H21FN4/c1-13-11-15(18)7-6-14(13)8-10-21-17(19-2)22-12-16-5-3-4-9-20-16/h3-7,9,11H,8,10,12H2,1-2H3,(H2,19,21,22). The zero-order valence-electron chi connectivity index (χ0n) is 12.9. The zero-order valence-corrected chi connectivity index (χ0v) is 12.9. The molecular weight excluding hydrogens is 279 g/mol. The van der Waals surface area contributed by atoms with Crippen molar-refractivity contribution in [3.05, 3.63) is 65.2 Å². The Hall–Kier alpha value is -2.43. The molecule has 5 heteroatoms. The summed E-state index contributed by atoms with van der Waals surface area (Å²) in [7, 11) is 1.73. The minimum absolute atomic E-state index is 0.193. The van der Waals surface area contributed by atoms with Crippen LogP contribution in [0.1, 0.15) is 16.8 Å². The first-order valence-electron chi connectivity index (χ1n) is 7.28. The Morgan fingerprint density at radius 3 is 2.77 bits per heavy atom. The number of nitrogens with zero attached hydrogens (tertiary/aromatic N) is 2. The van der Waals surface area contributed by atoms with Crippen molar-refractivity contribution in [3.8, 4) is 0 Å². The molecule has 0 unspecified atom stereocenters. The van der Waals surface area contributed by atoms with Gasteiger partial charge in [0.1, 0.15) is 5.82 Å². The van der Waals surface area contributed by atoms with E-state index in [1.165, 1.54) is 6.07 Å². The molecule has 0 aliphatic heterocycles. The van der Waals surface area contributed by atoms with E-state index in [0.717, 1.165) is 35.7 Å². The number of benzene rings is 1. The topological polar surface area (TPSA) is 49.3 Å². The molecule has 4 nitrogen and oxygen atoms in total. The van der Waals surface area contributed by atoms with Crippen molar-refractivity contribution in [3.63, 3.8) is 0 Å². The lowest BCUT2D eigenvalue weighted by molar-refractivity contribution is 0.625. The lowest BCUT2D eigenvalue weighted by atomic mass is 10.1. The highest BCUT2D eigenvalue weighted by molar-refractivity contribution is 5.79. The largest absolute Gasteiger partial charge is 0.356 e. The molecule has 0 atom stereocenters. The van der Waals surface area contributed by atoms with Gasteiger partial charge in [0.05, 0.1) is 12.2 Å². The fourth-order valence-electron chi connectivity index (χ4n) is 2.15. The SMILES string of the molecule is CN=C(NCCc1ccc(F)cc1C)NCc1ccccn1. The minimum atomic E-state index is -0.193. The maximum atomic E-state index is 13.1. The summed E-state index contributed by atoms with van der Waals surface area (Å²) < 4.78 is 13.1. The number of hydrogen-bond donors (Lipinski definition) is 2. The van der Waals surface area contributed by atoms with Crippen molar-refractivity contribution in [2.24, 2.45) is 4.99 Å². The minimum Gasteiger partial charge on any atom is -0.356 e. The first-order chi connectivity index (χ1) is 10.7. The molecular formula is C17H21FN4. The number of aromatic nitrogens is 1. The van der Waals surface area contributed by atoms with Crippen molar-refractivity contribution < 1.29 is 4.39 Å². The van der Waals surface area contributed by atoms with Gasteiger partial charge in [-0.05, 0) is 48.7 Å². The Balaban J connectivity index is 1.79. The Morgan fingerprint density at radius 1 is 1.23 bits per heavy atom. The molecule has 0 radical (unpaired) electrons. The molecule has 0 bridgehead atoms. The molecule has 0 saturated carbocycles. The Morgan fingerprint density at radius 2 is 2.09 bits per heavy atom. The van der Waals surface area contributed by atoms with Crippen LogP contribution in [0.4, 0.5) is 4.39 Å². The summed E-state index contributed by atoms with van der Waals surface area (Å²) in [6, 6.07) is 10.7. The van der Waals surface area contributed by atoms with Crippen molar-refractivity contribution in [2.45, 2.75) is 19.9 Å². The first kappa shape index (κ1) is 15.9. The number of guanidine groups is 1. The van der Waals surface area contributed by atoms with E-state index in [1.54, 1.807) is 19.3 Å². The van der Waals surface area contributed by atoms with E-state index in [0.29, 0.717) is 6.54 Å². The van der Waals surface area contributed by atoms with Gasteiger partial charge in [0.25, 0.3) is 0 Å². The van der Waals surface area contributed by atoms with E-state index in [2.05, 4.69) is 20.6 Å². The molecule has 0 aliphatic rings. The highest BCUT2D eigenvalue weighted by atomic mass is 19.1. The summed E-state index contributed by atoms with van der Waals surface area (Å²) in [6.45, 7) is 3.27. The van der Waals surface area contributed by atoms with Crippen LogP contribution in [0, 0.1) is 12.7 Å². The van der Waals surface area contributed by atoms with Crippen molar-refractivity contribution in [1.82, 2.24) is 15.6 Å². The predicted molar refractivity (Wildman–Crippen MR) is 87.3 cm³/mol. The number of halogens is 1. The summed E-state index contributed by atoms with van der Waals surface area (Å²) in [6.07, 6.45) is 2.58. The third kappa shape index (κ3) is 4.84. The number of aryl methyl sites for hydroxylation is 1. The molecule has 1 aromatic heterocycles. The van der Waals surface area contributed by atoms with Gasteiger partial charge in [-0.2, -0.15) is 0 Å². The Bertz CT molecular complexity index is 626. The monoisotopic (exact) mass is 300 g/mol. The fourth-order valence-corrected chi connectivity index (χ4v) is 2.15. The van der Waals surface area contributed by atoms with E-state index in [1.807, 2.05) is 31.2 Å². The van der Waals surface area contributed by atoms with Gasteiger partial charge in [0, 0.05) is 19.8 Å². The molecule has 2 rings (SSSR count). The smallest absolute Gasteiger partial charge is 0.191 e. The Kier molecular flexibility index (Phi) is 5.89. The number of hydrogen-bond acceptors (Lipinski definition) is 2. The van der Waals surface area contributed by atoms with Crippen LogP contribution in [0.5, 0.6) is 0 Å². The molecule has 22 heavy (non-hydrogen) atoms. The fraction of sp³-hybridized carbons (Fsp3) is 0.294. The van der Waals surface area contributed by atoms with E-state index in [9.17, 15) is 4.39 Å². The number of aliphatic imine (C=N–C) groups is 1. The van der Waals surface area contributed by atoms with Crippen LogP contribution in [0.3, 0.4) is 0 Å². The third-order valence-electron chi connectivity index (χ3n) is 3.38. The second kappa shape index (κ2) is 8.12. The predicted octanol–water partition coefficient (Wildman–Crippen LogP) is 2.44. The van der Waals surface area contributed by atoms with Gasteiger partial charge in [-0.25, -0.2) is 4.39 Å². The Labute approximate surface area is 130 Å². The molecule has 0 saturated heterocycles. The lowest BCUT2D eigenvalue weighted by Gasteiger charge is -2.12. The van der Waals surface area contributed by atoms with Crippen LogP contribution >= 0.6 is 0 Å². The van der Waals surface area contributed by atoms with Gasteiger partial charge in [0.2, 0.25) is 0 Å². The molecule has 0 aliphatic carbocycles. The molecule has 1 heterocycles. The summed E-state index contributed by atoms with van der Waals surface area (Å²) in [5.41, 5.74) is 3.06. The molecule has 0 spiro atoms. The van der Waals surface area contributed by atoms with Gasteiger partial charge in [0.15, 0.2) is 5.96 Å². The van der Waals surface area contributed by atoms with Crippen LogP contribution in [0.15, 0.2) is 47.6 Å². The van der Waals surface area contributed by atoms with Gasteiger partial charge in [-0.15, -0.1) is 0 Å². The number of nitrogens with one attached hydrogen (secondary N) is 2. The van der Waals surface area contributed by atoms with Crippen molar-refractivity contribution in [1.29, 1.82) is 0 Å². The second-order valence-corrected chi connectivity index (χ2v) is 4.99. The van der Waals surface area contributed by atoms with E-state index >= 15 is 0 Å². The summed E-state index contributed by atoms with van der Waals surface area (Å²) in [5.74, 6) is 0.535. The number of pyridine rings is 1. The average Bonchev–Trinajstić information content (AvgIpc) is 2.53. The number of rotatable bonds is 5. The summed E-state index contributed by atoms with van der Waals surface area (Å²) >= 11 is 0.